The Labute approximate surface area is 123 Å². The van der Waals surface area contributed by atoms with E-state index >= 15 is 0 Å². The summed E-state index contributed by atoms with van der Waals surface area (Å²) in [6.07, 6.45) is 3.32. The summed E-state index contributed by atoms with van der Waals surface area (Å²) in [5, 5.41) is 0.168. The molecular formula is C16H27NO2Si. The smallest absolute Gasteiger partial charge is 0.229 e. The molecule has 0 N–H and O–H groups in total. The number of nitrogens with zero attached hydrogens (tertiary/aromatic N) is 1. The van der Waals surface area contributed by atoms with Crippen molar-refractivity contribution in [2.75, 3.05) is 0 Å². The molecule has 2 aliphatic rings. The topological polar surface area (TPSA) is 29.5 Å². The van der Waals surface area contributed by atoms with Crippen molar-refractivity contribution in [3.63, 3.8) is 0 Å². The third kappa shape index (κ3) is 2.63. The summed E-state index contributed by atoms with van der Waals surface area (Å²) < 4.78 is 6.49. The van der Waals surface area contributed by atoms with Crippen LogP contribution in [0.3, 0.4) is 0 Å². The van der Waals surface area contributed by atoms with Crippen molar-refractivity contribution in [1.82, 2.24) is 4.90 Å². The maximum absolute atomic E-state index is 12.2. The number of fused-ring (bicyclic) bond motifs is 1. The average Bonchev–Trinajstić information content (AvgIpc) is 2.55. The average molecular weight is 293 g/mol. The van der Waals surface area contributed by atoms with Crippen LogP contribution in [0, 0.1) is 0 Å². The van der Waals surface area contributed by atoms with Gasteiger partial charge in [-0.25, -0.2) is 0 Å². The Morgan fingerprint density at radius 3 is 2.50 bits per heavy atom. The van der Waals surface area contributed by atoms with Crippen molar-refractivity contribution in [2.45, 2.75) is 70.8 Å². The van der Waals surface area contributed by atoms with E-state index in [2.05, 4.69) is 40.4 Å². The SMILES string of the molecule is C=C1C[C@H]2[C@H](O[Si](C)(C)C(C)(C)C)CC(=O)N2C=C1C. The van der Waals surface area contributed by atoms with Gasteiger partial charge in [0.25, 0.3) is 0 Å². The molecule has 0 aromatic rings. The second-order valence-corrected chi connectivity index (χ2v) is 12.4. The fourth-order valence-corrected chi connectivity index (χ4v) is 3.91. The molecule has 0 spiro atoms. The lowest BCUT2D eigenvalue weighted by Gasteiger charge is -2.40. The highest BCUT2D eigenvalue weighted by Gasteiger charge is 2.47. The quantitative estimate of drug-likeness (QED) is 0.724. The minimum atomic E-state index is -1.84. The van der Waals surface area contributed by atoms with Gasteiger partial charge in [0.1, 0.15) is 0 Å². The molecule has 0 bridgehead atoms. The molecule has 0 unspecified atom stereocenters. The summed E-state index contributed by atoms with van der Waals surface area (Å²) in [6.45, 7) is 17.3. The van der Waals surface area contributed by atoms with Crippen molar-refractivity contribution in [3.8, 4) is 0 Å². The molecule has 3 nitrogen and oxygen atoms in total. The Kier molecular flexibility index (Phi) is 3.76. The Morgan fingerprint density at radius 1 is 1.35 bits per heavy atom. The maximum Gasteiger partial charge on any atom is 0.229 e. The molecule has 1 saturated heterocycles. The summed E-state index contributed by atoms with van der Waals surface area (Å²) in [6, 6.07) is 0.146. The lowest BCUT2D eigenvalue weighted by Crippen LogP contribution is -2.47. The monoisotopic (exact) mass is 293 g/mol. The van der Waals surface area contributed by atoms with Crippen LogP contribution in [0.1, 0.15) is 40.5 Å². The van der Waals surface area contributed by atoms with E-state index in [9.17, 15) is 4.79 Å². The van der Waals surface area contributed by atoms with E-state index in [1.54, 1.807) is 0 Å². The number of hydrogen-bond donors (Lipinski definition) is 0. The van der Waals surface area contributed by atoms with Gasteiger partial charge in [-0.05, 0) is 42.6 Å². The van der Waals surface area contributed by atoms with Crippen molar-refractivity contribution in [1.29, 1.82) is 0 Å². The van der Waals surface area contributed by atoms with Gasteiger partial charge >= 0.3 is 0 Å². The first-order valence-corrected chi connectivity index (χ1v) is 10.3. The van der Waals surface area contributed by atoms with Gasteiger partial charge in [-0.3, -0.25) is 4.79 Å². The van der Waals surface area contributed by atoms with Crippen LogP contribution >= 0.6 is 0 Å². The molecule has 0 aliphatic carbocycles. The van der Waals surface area contributed by atoms with Gasteiger partial charge in [-0.2, -0.15) is 0 Å². The summed E-state index contributed by atoms with van der Waals surface area (Å²) in [5.41, 5.74) is 2.24. The predicted molar refractivity (Wildman–Crippen MR) is 84.8 cm³/mol. The Balaban J connectivity index is 2.20. The normalized spacial score (nSPS) is 27.7. The van der Waals surface area contributed by atoms with E-state index < -0.39 is 8.32 Å². The Hall–Kier alpha value is -0.873. The van der Waals surface area contributed by atoms with Crippen LogP contribution in [-0.2, 0) is 9.22 Å². The summed E-state index contributed by atoms with van der Waals surface area (Å²) in [5.74, 6) is 0.186. The number of hydrogen-bond acceptors (Lipinski definition) is 2. The summed E-state index contributed by atoms with van der Waals surface area (Å²) in [4.78, 5) is 14.1. The van der Waals surface area contributed by atoms with Crippen LogP contribution in [-0.4, -0.2) is 31.3 Å². The van der Waals surface area contributed by atoms with E-state index in [0.717, 1.165) is 17.6 Å². The van der Waals surface area contributed by atoms with E-state index in [4.69, 9.17) is 4.43 Å². The molecule has 1 fully saturated rings. The van der Waals surface area contributed by atoms with E-state index in [0.29, 0.717) is 6.42 Å². The molecule has 2 aliphatic heterocycles. The zero-order valence-electron chi connectivity index (χ0n) is 13.6. The van der Waals surface area contributed by atoms with E-state index in [1.165, 1.54) is 0 Å². The minimum Gasteiger partial charge on any atom is -0.411 e. The van der Waals surface area contributed by atoms with Crippen molar-refractivity contribution < 1.29 is 9.22 Å². The number of rotatable bonds is 2. The lowest BCUT2D eigenvalue weighted by atomic mass is 9.96. The van der Waals surface area contributed by atoms with Gasteiger partial charge in [0.2, 0.25) is 5.91 Å². The van der Waals surface area contributed by atoms with Crippen molar-refractivity contribution in [3.05, 3.63) is 23.9 Å². The van der Waals surface area contributed by atoms with Crippen LogP contribution in [0.5, 0.6) is 0 Å². The zero-order valence-corrected chi connectivity index (χ0v) is 14.6. The van der Waals surface area contributed by atoms with Gasteiger partial charge in [0, 0.05) is 6.20 Å². The lowest BCUT2D eigenvalue weighted by molar-refractivity contribution is -0.126. The fourth-order valence-electron chi connectivity index (χ4n) is 2.56. The molecule has 0 saturated carbocycles. The molecular weight excluding hydrogens is 266 g/mol. The first-order chi connectivity index (χ1) is 9.03. The summed E-state index contributed by atoms with van der Waals surface area (Å²) >= 11 is 0. The Bertz CT molecular complexity index is 473. The van der Waals surface area contributed by atoms with E-state index in [1.807, 2.05) is 18.0 Å². The molecule has 0 radical (unpaired) electrons. The molecule has 2 rings (SSSR count). The number of carbonyl (C=O) groups excluding carboxylic acids is 1. The van der Waals surface area contributed by atoms with Gasteiger partial charge < -0.3 is 9.33 Å². The van der Waals surface area contributed by atoms with Gasteiger partial charge in [-0.15, -0.1) is 0 Å². The molecule has 2 atom stereocenters. The second kappa shape index (κ2) is 4.85. The molecule has 20 heavy (non-hydrogen) atoms. The molecule has 1 amide bonds. The van der Waals surface area contributed by atoms with Crippen LogP contribution in [0.2, 0.25) is 18.1 Å². The van der Waals surface area contributed by atoms with Crippen LogP contribution < -0.4 is 0 Å². The van der Waals surface area contributed by atoms with Crippen LogP contribution in [0.4, 0.5) is 0 Å². The second-order valence-electron chi connectivity index (χ2n) is 7.61. The molecule has 0 aromatic heterocycles. The highest BCUT2D eigenvalue weighted by Crippen LogP contribution is 2.41. The van der Waals surface area contributed by atoms with Crippen LogP contribution in [0.15, 0.2) is 23.9 Å². The first kappa shape index (κ1) is 15.5. The standard InChI is InChI=1S/C16H27NO2Si/c1-11-8-13-14(19-20(6,7)16(3,4)5)9-15(18)17(13)10-12(11)2/h10,13-14H,1,8-9H2,2-7H3/t13-,14+/m0/s1. The largest absolute Gasteiger partial charge is 0.411 e. The number of amides is 1. The zero-order chi connectivity index (χ0) is 15.3. The number of allylic oxidation sites excluding steroid dienone is 1. The predicted octanol–water partition coefficient (Wildman–Crippen LogP) is 3.84. The highest BCUT2D eigenvalue weighted by molar-refractivity contribution is 6.74. The van der Waals surface area contributed by atoms with Crippen molar-refractivity contribution in [2.24, 2.45) is 0 Å². The third-order valence-electron chi connectivity index (χ3n) is 5.05. The van der Waals surface area contributed by atoms with Gasteiger partial charge in [0.05, 0.1) is 18.6 Å². The molecule has 112 valence electrons. The summed E-state index contributed by atoms with van der Waals surface area (Å²) in [7, 11) is -1.84. The molecule has 2 heterocycles. The maximum atomic E-state index is 12.2. The van der Waals surface area contributed by atoms with E-state index in [-0.39, 0.29) is 23.1 Å². The third-order valence-corrected chi connectivity index (χ3v) is 9.55. The van der Waals surface area contributed by atoms with Gasteiger partial charge in [-0.1, -0.05) is 27.4 Å². The highest BCUT2D eigenvalue weighted by atomic mass is 28.4. The van der Waals surface area contributed by atoms with Crippen molar-refractivity contribution >= 4 is 14.2 Å². The Morgan fingerprint density at radius 2 is 1.95 bits per heavy atom. The van der Waals surface area contributed by atoms with Gasteiger partial charge in [0.15, 0.2) is 8.32 Å². The van der Waals surface area contributed by atoms with Crippen LogP contribution in [0.25, 0.3) is 0 Å². The molecule has 4 heteroatoms. The number of carbonyl (C=O) groups is 1. The molecule has 0 aromatic carbocycles. The minimum absolute atomic E-state index is 0.0180. The first-order valence-electron chi connectivity index (χ1n) is 7.38. The fraction of sp³-hybridized carbons (Fsp3) is 0.688.